The minimum Gasteiger partial charge on any atom is -0.339 e. The first-order valence-electron chi connectivity index (χ1n) is 5.76. The number of rotatable bonds is 4. The highest BCUT2D eigenvalue weighted by molar-refractivity contribution is 5.78. The monoisotopic (exact) mass is 213 g/mol. The van der Waals surface area contributed by atoms with Gasteiger partial charge in [0, 0.05) is 26.2 Å². The van der Waals surface area contributed by atoms with Crippen LogP contribution in [0, 0.1) is 5.92 Å². The third-order valence-electron chi connectivity index (χ3n) is 2.68. The first kappa shape index (κ1) is 12.5. The first-order chi connectivity index (χ1) is 7.09. The lowest BCUT2D eigenvalue weighted by atomic mass is 10.2. The topological polar surface area (TPSA) is 35.6 Å². The predicted molar refractivity (Wildman–Crippen MR) is 61.8 cm³/mol. The average molecular weight is 213 g/mol. The summed E-state index contributed by atoms with van der Waals surface area (Å²) in [6.07, 6.45) is 0. The summed E-state index contributed by atoms with van der Waals surface area (Å²) >= 11 is 0. The van der Waals surface area contributed by atoms with Crippen LogP contribution in [0.5, 0.6) is 0 Å². The van der Waals surface area contributed by atoms with Gasteiger partial charge in [0.15, 0.2) is 0 Å². The van der Waals surface area contributed by atoms with Crippen LogP contribution >= 0.6 is 0 Å². The zero-order valence-corrected chi connectivity index (χ0v) is 10.1. The molecule has 88 valence electrons. The molecule has 0 saturated carbocycles. The molecule has 0 unspecified atom stereocenters. The summed E-state index contributed by atoms with van der Waals surface area (Å²) in [7, 11) is 2.10. The SMILES string of the molecule is CC(C)CNCC(=O)N1CCN(C)CC1. The lowest BCUT2D eigenvalue weighted by Gasteiger charge is -2.32. The summed E-state index contributed by atoms with van der Waals surface area (Å²) in [6, 6.07) is 0. The fraction of sp³-hybridized carbons (Fsp3) is 0.909. The van der Waals surface area contributed by atoms with Crippen LogP contribution in [-0.2, 0) is 4.79 Å². The molecular weight excluding hydrogens is 190 g/mol. The molecule has 4 heteroatoms. The molecule has 0 atom stereocenters. The van der Waals surface area contributed by atoms with Gasteiger partial charge in [-0.15, -0.1) is 0 Å². The largest absolute Gasteiger partial charge is 0.339 e. The van der Waals surface area contributed by atoms with Crippen molar-refractivity contribution in [1.82, 2.24) is 15.1 Å². The molecule has 1 rings (SSSR count). The molecule has 1 saturated heterocycles. The fourth-order valence-corrected chi connectivity index (χ4v) is 1.64. The van der Waals surface area contributed by atoms with Crippen molar-refractivity contribution in [3.63, 3.8) is 0 Å². The number of nitrogens with one attached hydrogen (secondary N) is 1. The van der Waals surface area contributed by atoms with E-state index < -0.39 is 0 Å². The van der Waals surface area contributed by atoms with E-state index in [-0.39, 0.29) is 5.91 Å². The maximum Gasteiger partial charge on any atom is 0.236 e. The van der Waals surface area contributed by atoms with Crippen LogP contribution in [0.25, 0.3) is 0 Å². The van der Waals surface area contributed by atoms with Crippen LogP contribution in [-0.4, -0.2) is 62.0 Å². The molecule has 0 spiro atoms. The standard InChI is InChI=1S/C11H23N3O/c1-10(2)8-12-9-11(15)14-6-4-13(3)5-7-14/h10,12H,4-9H2,1-3H3. The van der Waals surface area contributed by atoms with E-state index in [1.165, 1.54) is 0 Å². The molecular formula is C11H23N3O. The van der Waals surface area contributed by atoms with E-state index in [2.05, 4.69) is 31.1 Å². The molecule has 1 heterocycles. The smallest absolute Gasteiger partial charge is 0.236 e. The molecule has 0 aromatic rings. The maximum absolute atomic E-state index is 11.7. The quantitative estimate of drug-likeness (QED) is 0.714. The predicted octanol–water partition coefficient (Wildman–Crippen LogP) is 0.00600. The highest BCUT2D eigenvalue weighted by Gasteiger charge is 2.18. The Bertz CT molecular complexity index is 198. The van der Waals surface area contributed by atoms with Gasteiger partial charge in [0.25, 0.3) is 0 Å². The van der Waals surface area contributed by atoms with Gasteiger partial charge in [0.1, 0.15) is 0 Å². The van der Waals surface area contributed by atoms with E-state index in [9.17, 15) is 4.79 Å². The van der Waals surface area contributed by atoms with Crippen LogP contribution in [0.2, 0.25) is 0 Å². The lowest BCUT2D eigenvalue weighted by Crippen LogP contribution is -2.49. The van der Waals surface area contributed by atoms with E-state index in [0.29, 0.717) is 12.5 Å². The summed E-state index contributed by atoms with van der Waals surface area (Å²) in [5, 5.41) is 3.19. The van der Waals surface area contributed by atoms with E-state index in [4.69, 9.17) is 0 Å². The van der Waals surface area contributed by atoms with Crippen molar-refractivity contribution in [3.8, 4) is 0 Å². The Morgan fingerprint density at radius 1 is 1.27 bits per heavy atom. The number of amides is 1. The van der Waals surface area contributed by atoms with E-state index >= 15 is 0 Å². The highest BCUT2D eigenvalue weighted by Crippen LogP contribution is 1.99. The molecule has 1 aliphatic heterocycles. The van der Waals surface area contributed by atoms with Crippen molar-refractivity contribution < 1.29 is 4.79 Å². The fourth-order valence-electron chi connectivity index (χ4n) is 1.64. The number of nitrogens with zero attached hydrogens (tertiary/aromatic N) is 2. The molecule has 1 aliphatic rings. The van der Waals surface area contributed by atoms with Gasteiger partial charge in [0.2, 0.25) is 5.91 Å². The number of hydrogen-bond donors (Lipinski definition) is 1. The molecule has 0 radical (unpaired) electrons. The van der Waals surface area contributed by atoms with Crippen molar-refractivity contribution in [2.75, 3.05) is 46.3 Å². The normalized spacial score (nSPS) is 18.5. The average Bonchev–Trinajstić information content (AvgIpc) is 2.18. The Balaban J connectivity index is 2.17. The summed E-state index contributed by atoms with van der Waals surface area (Å²) in [4.78, 5) is 15.9. The number of hydrogen-bond acceptors (Lipinski definition) is 3. The van der Waals surface area contributed by atoms with Gasteiger partial charge < -0.3 is 15.1 Å². The van der Waals surface area contributed by atoms with Gasteiger partial charge in [0.05, 0.1) is 6.54 Å². The van der Waals surface area contributed by atoms with Gasteiger partial charge in [-0.1, -0.05) is 13.8 Å². The summed E-state index contributed by atoms with van der Waals surface area (Å²) < 4.78 is 0. The molecule has 1 amide bonds. The van der Waals surface area contributed by atoms with Crippen molar-refractivity contribution >= 4 is 5.91 Å². The van der Waals surface area contributed by atoms with Crippen LogP contribution in [0.1, 0.15) is 13.8 Å². The zero-order chi connectivity index (χ0) is 11.3. The Kier molecular flexibility index (Phi) is 5.05. The number of carbonyl (C=O) groups excluding carboxylic acids is 1. The molecule has 0 aliphatic carbocycles. The molecule has 0 aromatic carbocycles. The third-order valence-corrected chi connectivity index (χ3v) is 2.68. The molecule has 0 aromatic heterocycles. The van der Waals surface area contributed by atoms with Gasteiger partial charge in [-0.2, -0.15) is 0 Å². The minimum atomic E-state index is 0.240. The van der Waals surface area contributed by atoms with Gasteiger partial charge in [-0.3, -0.25) is 4.79 Å². The highest BCUT2D eigenvalue weighted by atomic mass is 16.2. The molecule has 1 N–H and O–H groups in total. The van der Waals surface area contributed by atoms with Gasteiger partial charge in [-0.05, 0) is 19.5 Å². The molecule has 4 nitrogen and oxygen atoms in total. The molecule has 1 fully saturated rings. The van der Waals surface area contributed by atoms with Crippen molar-refractivity contribution in [3.05, 3.63) is 0 Å². The lowest BCUT2D eigenvalue weighted by molar-refractivity contribution is -0.131. The Morgan fingerprint density at radius 2 is 1.87 bits per heavy atom. The molecule has 15 heavy (non-hydrogen) atoms. The van der Waals surface area contributed by atoms with Crippen LogP contribution in [0.15, 0.2) is 0 Å². The Morgan fingerprint density at radius 3 is 2.40 bits per heavy atom. The van der Waals surface area contributed by atoms with Crippen LogP contribution < -0.4 is 5.32 Å². The van der Waals surface area contributed by atoms with Crippen molar-refractivity contribution in [2.45, 2.75) is 13.8 Å². The minimum absolute atomic E-state index is 0.240. The maximum atomic E-state index is 11.7. The third kappa shape index (κ3) is 4.62. The van der Waals surface area contributed by atoms with Gasteiger partial charge in [-0.25, -0.2) is 0 Å². The number of likely N-dealkylation sites (N-methyl/N-ethyl adjacent to an activating group) is 1. The van der Waals surface area contributed by atoms with Crippen LogP contribution in [0.4, 0.5) is 0 Å². The van der Waals surface area contributed by atoms with Crippen molar-refractivity contribution in [1.29, 1.82) is 0 Å². The van der Waals surface area contributed by atoms with E-state index in [1.807, 2.05) is 4.90 Å². The first-order valence-corrected chi connectivity index (χ1v) is 5.76. The van der Waals surface area contributed by atoms with E-state index in [1.54, 1.807) is 0 Å². The second kappa shape index (κ2) is 6.08. The molecule has 0 bridgehead atoms. The van der Waals surface area contributed by atoms with Crippen LogP contribution in [0.3, 0.4) is 0 Å². The summed E-state index contributed by atoms with van der Waals surface area (Å²) in [5.41, 5.74) is 0. The Hall–Kier alpha value is -0.610. The number of carbonyl (C=O) groups is 1. The summed E-state index contributed by atoms with van der Waals surface area (Å²) in [5.74, 6) is 0.842. The van der Waals surface area contributed by atoms with Gasteiger partial charge >= 0.3 is 0 Å². The Labute approximate surface area is 92.6 Å². The number of piperazine rings is 1. The van der Waals surface area contributed by atoms with E-state index in [0.717, 1.165) is 32.7 Å². The summed E-state index contributed by atoms with van der Waals surface area (Å²) in [6.45, 7) is 9.44. The van der Waals surface area contributed by atoms with Crippen molar-refractivity contribution in [2.24, 2.45) is 5.92 Å². The second-order valence-electron chi connectivity index (χ2n) is 4.71. The second-order valence-corrected chi connectivity index (χ2v) is 4.71. The zero-order valence-electron chi connectivity index (χ0n) is 10.1.